The Bertz CT molecular complexity index is 289. The van der Waals surface area contributed by atoms with Crippen LogP contribution in [-0.4, -0.2) is 6.54 Å². The molecular weight excluding hydrogens is 170 g/mol. The molecular formula is C13H19N. The Balaban J connectivity index is 2.10. The Morgan fingerprint density at radius 3 is 2.57 bits per heavy atom. The van der Waals surface area contributed by atoms with Crippen molar-refractivity contribution in [3.63, 3.8) is 0 Å². The van der Waals surface area contributed by atoms with Gasteiger partial charge in [0.1, 0.15) is 0 Å². The van der Waals surface area contributed by atoms with Gasteiger partial charge in [-0.15, -0.1) is 0 Å². The van der Waals surface area contributed by atoms with E-state index in [1.165, 1.54) is 30.5 Å². The van der Waals surface area contributed by atoms with Gasteiger partial charge in [-0.05, 0) is 37.8 Å². The first-order valence-corrected chi connectivity index (χ1v) is 5.55. The van der Waals surface area contributed by atoms with Crippen molar-refractivity contribution in [1.82, 2.24) is 5.32 Å². The van der Waals surface area contributed by atoms with E-state index in [1.807, 2.05) is 0 Å². The van der Waals surface area contributed by atoms with Crippen LogP contribution in [0.1, 0.15) is 36.9 Å². The smallest absolute Gasteiger partial charge is 0.0322 e. The monoisotopic (exact) mass is 189 g/mol. The van der Waals surface area contributed by atoms with Gasteiger partial charge < -0.3 is 5.32 Å². The van der Waals surface area contributed by atoms with Crippen molar-refractivity contribution in [2.24, 2.45) is 5.92 Å². The minimum absolute atomic E-state index is 0.583. The minimum atomic E-state index is 0.583. The lowest BCUT2D eigenvalue weighted by Gasteiger charge is -2.28. The van der Waals surface area contributed by atoms with E-state index >= 15 is 0 Å². The molecule has 0 aromatic heterocycles. The standard InChI is InChI=1S/C13H19N/c1-10-3-5-12(6-4-10)13-9-11(2)7-8-14-13/h3-6,11,13-14H,7-9H2,1-2H3/t11-,13+/m1/s1. The zero-order valence-electron chi connectivity index (χ0n) is 9.09. The summed E-state index contributed by atoms with van der Waals surface area (Å²) in [5.74, 6) is 0.863. The van der Waals surface area contributed by atoms with Crippen molar-refractivity contribution in [2.75, 3.05) is 6.54 Å². The van der Waals surface area contributed by atoms with Crippen LogP contribution in [0.5, 0.6) is 0 Å². The minimum Gasteiger partial charge on any atom is -0.310 e. The van der Waals surface area contributed by atoms with Gasteiger partial charge in [0.15, 0.2) is 0 Å². The molecule has 76 valence electrons. The second-order valence-corrected chi connectivity index (χ2v) is 4.55. The highest BCUT2D eigenvalue weighted by Crippen LogP contribution is 2.26. The fraction of sp³-hybridized carbons (Fsp3) is 0.538. The molecule has 1 aliphatic rings. The summed E-state index contributed by atoms with van der Waals surface area (Å²) in [4.78, 5) is 0. The molecule has 14 heavy (non-hydrogen) atoms. The number of nitrogens with one attached hydrogen (secondary N) is 1. The highest BCUT2D eigenvalue weighted by atomic mass is 14.9. The van der Waals surface area contributed by atoms with Crippen molar-refractivity contribution in [2.45, 2.75) is 32.7 Å². The number of hydrogen-bond acceptors (Lipinski definition) is 1. The molecule has 1 aromatic carbocycles. The van der Waals surface area contributed by atoms with Crippen molar-refractivity contribution >= 4 is 0 Å². The van der Waals surface area contributed by atoms with Crippen LogP contribution < -0.4 is 5.32 Å². The fourth-order valence-electron chi connectivity index (χ4n) is 2.16. The molecule has 0 amide bonds. The Labute approximate surface area is 86.5 Å². The van der Waals surface area contributed by atoms with Gasteiger partial charge in [-0.1, -0.05) is 36.8 Å². The zero-order chi connectivity index (χ0) is 9.97. The van der Waals surface area contributed by atoms with Gasteiger partial charge >= 0.3 is 0 Å². The van der Waals surface area contributed by atoms with Crippen LogP contribution in [0.4, 0.5) is 0 Å². The molecule has 2 rings (SSSR count). The molecule has 0 aliphatic carbocycles. The molecule has 0 spiro atoms. The number of aryl methyl sites for hydroxylation is 1. The summed E-state index contributed by atoms with van der Waals surface area (Å²) in [6.45, 7) is 5.66. The molecule has 1 heterocycles. The quantitative estimate of drug-likeness (QED) is 0.716. The third-order valence-electron chi connectivity index (χ3n) is 3.15. The van der Waals surface area contributed by atoms with Crippen LogP contribution in [0.3, 0.4) is 0 Å². The maximum Gasteiger partial charge on any atom is 0.0322 e. The third-order valence-corrected chi connectivity index (χ3v) is 3.15. The van der Waals surface area contributed by atoms with Crippen LogP contribution in [0.15, 0.2) is 24.3 Å². The molecule has 0 saturated carbocycles. The second-order valence-electron chi connectivity index (χ2n) is 4.55. The number of hydrogen-bond donors (Lipinski definition) is 1. The lowest BCUT2D eigenvalue weighted by molar-refractivity contribution is 0.325. The molecule has 1 fully saturated rings. The summed E-state index contributed by atoms with van der Waals surface area (Å²) in [5, 5.41) is 3.59. The van der Waals surface area contributed by atoms with E-state index in [-0.39, 0.29) is 0 Å². The van der Waals surface area contributed by atoms with Gasteiger partial charge in [-0.25, -0.2) is 0 Å². The van der Waals surface area contributed by atoms with Gasteiger partial charge in [0.25, 0.3) is 0 Å². The van der Waals surface area contributed by atoms with Gasteiger partial charge in [0.2, 0.25) is 0 Å². The summed E-state index contributed by atoms with van der Waals surface area (Å²) in [7, 11) is 0. The Kier molecular flexibility index (Phi) is 2.87. The van der Waals surface area contributed by atoms with Crippen LogP contribution in [0.2, 0.25) is 0 Å². The maximum atomic E-state index is 3.59. The molecule has 1 aliphatic heterocycles. The summed E-state index contributed by atoms with van der Waals surface area (Å²) in [6, 6.07) is 9.50. The molecule has 1 heteroatoms. The summed E-state index contributed by atoms with van der Waals surface area (Å²) in [5.41, 5.74) is 2.79. The maximum absolute atomic E-state index is 3.59. The highest BCUT2D eigenvalue weighted by molar-refractivity contribution is 5.24. The first-order valence-electron chi connectivity index (χ1n) is 5.55. The van der Waals surface area contributed by atoms with Gasteiger partial charge in [0.05, 0.1) is 0 Å². The Morgan fingerprint density at radius 2 is 1.93 bits per heavy atom. The van der Waals surface area contributed by atoms with E-state index in [9.17, 15) is 0 Å². The van der Waals surface area contributed by atoms with Crippen molar-refractivity contribution in [1.29, 1.82) is 0 Å². The molecule has 0 radical (unpaired) electrons. The summed E-state index contributed by atoms with van der Waals surface area (Å²) < 4.78 is 0. The van der Waals surface area contributed by atoms with Crippen molar-refractivity contribution < 1.29 is 0 Å². The van der Waals surface area contributed by atoms with Crippen molar-refractivity contribution in [3.05, 3.63) is 35.4 Å². The predicted octanol–water partition coefficient (Wildman–Crippen LogP) is 3.06. The summed E-state index contributed by atoms with van der Waals surface area (Å²) in [6.07, 6.45) is 2.60. The highest BCUT2D eigenvalue weighted by Gasteiger charge is 2.18. The normalized spacial score (nSPS) is 27.6. The SMILES string of the molecule is Cc1ccc([C@@H]2C[C@H](C)CCN2)cc1. The van der Waals surface area contributed by atoms with Gasteiger partial charge in [-0.2, -0.15) is 0 Å². The van der Waals surface area contributed by atoms with Gasteiger partial charge in [-0.3, -0.25) is 0 Å². The molecule has 1 aromatic rings. The molecule has 1 N–H and O–H groups in total. The largest absolute Gasteiger partial charge is 0.310 e. The molecule has 2 atom stereocenters. The average Bonchev–Trinajstić information content (AvgIpc) is 2.19. The summed E-state index contributed by atoms with van der Waals surface area (Å²) >= 11 is 0. The second kappa shape index (κ2) is 4.14. The Morgan fingerprint density at radius 1 is 1.21 bits per heavy atom. The number of piperidine rings is 1. The molecule has 0 unspecified atom stereocenters. The van der Waals surface area contributed by atoms with E-state index in [4.69, 9.17) is 0 Å². The van der Waals surface area contributed by atoms with Crippen molar-refractivity contribution in [3.8, 4) is 0 Å². The third kappa shape index (κ3) is 2.16. The van der Waals surface area contributed by atoms with E-state index in [0.717, 1.165) is 5.92 Å². The van der Waals surface area contributed by atoms with E-state index in [1.54, 1.807) is 0 Å². The van der Waals surface area contributed by atoms with Crippen LogP contribution in [-0.2, 0) is 0 Å². The van der Waals surface area contributed by atoms with Gasteiger partial charge in [0, 0.05) is 6.04 Å². The first-order chi connectivity index (χ1) is 6.75. The topological polar surface area (TPSA) is 12.0 Å². The van der Waals surface area contributed by atoms with E-state index in [0.29, 0.717) is 6.04 Å². The lowest BCUT2D eigenvalue weighted by Crippen LogP contribution is -2.30. The Hall–Kier alpha value is -0.820. The van der Waals surface area contributed by atoms with E-state index in [2.05, 4.69) is 43.4 Å². The number of rotatable bonds is 1. The lowest BCUT2D eigenvalue weighted by atomic mass is 9.90. The van der Waals surface area contributed by atoms with Crippen LogP contribution in [0.25, 0.3) is 0 Å². The first kappa shape index (κ1) is 9.72. The van der Waals surface area contributed by atoms with E-state index < -0.39 is 0 Å². The zero-order valence-corrected chi connectivity index (χ0v) is 9.09. The predicted molar refractivity (Wildman–Crippen MR) is 60.3 cm³/mol. The average molecular weight is 189 g/mol. The number of benzene rings is 1. The molecule has 1 nitrogen and oxygen atoms in total. The van der Waals surface area contributed by atoms with Crippen LogP contribution in [0, 0.1) is 12.8 Å². The fourth-order valence-corrected chi connectivity index (χ4v) is 2.16. The van der Waals surface area contributed by atoms with Crippen LogP contribution >= 0.6 is 0 Å². The molecule has 1 saturated heterocycles. The molecule has 0 bridgehead atoms.